The number of carbonyl (C=O) groups excluding carboxylic acids is 1. The van der Waals surface area contributed by atoms with Crippen molar-refractivity contribution in [1.82, 2.24) is 29.1 Å². The number of H-pyrrole nitrogens is 1. The highest BCUT2D eigenvalue weighted by Crippen LogP contribution is 2.29. The number of amides is 1. The maximum Gasteiger partial charge on any atom is 0.258 e. The second kappa shape index (κ2) is 11.5. The third-order valence-electron chi connectivity index (χ3n) is 7.38. The lowest BCUT2D eigenvalue weighted by Crippen LogP contribution is -2.18. The van der Waals surface area contributed by atoms with Crippen molar-refractivity contribution in [2.75, 3.05) is 10.6 Å². The second-order valence-electron chi connectivity index (χ2n) is 11.1. The van der Waals surface area contributed by atoms with Crippen LogP contribution in [0.1, 0.15) is 52.3 Å². The molecule has 0 spiro atoms. The Labute approximate surface area is 258 Å². The highest BCUT2D eigenvalue weighted by molar-refractivity contribution is 6.05. The lowest BCUT2D eigenvalue weighted by atomic mass is 9.86. The number of imidazole rings is 2. The van der Waals surface area contributed by atoms with Gasteiger partial charge in [-0.1, -0.05) is 5.92 Å². The van der Waals surface area contributed by atoms with E-state index in [0.29, 0.717) is 39.4 Å². The molecule has 11 heteroatoms. The van der Waals surface area contributed by atoms with Gasteiger partial charge in [-0.15, -0.1) is 0 Å². The van der Waals surface area contributed by atoms with Crippen LogP contribution in [0.2, 0.25) is 0 Å². The summed E-state index contributed by atoms with van der Waals surface area (Å²) in [5, 5.41) is 22.6. The number of hydrogen-bond donors (Lipinski definition) is 3. The molecular formula is C34H28FN9O. The van der Waals surface area contributed by atoms with Crippen LogP contribution in [0.5, 0.6) is 0 Å². The number of benzene rings is 2. The molecule has 4 aromatic heterocycles. The van der Waals surface area contributed by atoms with Crippen LogP contribution in [0, 0.1) is 42.8 Å². The van der Waals surface area contributed by atoms with Crippen LogP contribution in [-0.2, 0) is 5.41 Å². The minimum Gasteiger partial charge on any atom is -0.350 e. The molecule has 0 bridgehead atoms. The first-order chi connectivity index (χ1) is 21.6. The molecule has 0 unspecified atom stereocenters. The normalized spacial score (nSPS) is 11.1. The zero-order valence-corrected chi connectivity index (χ0v) is 25.0. The molecule has 0 aliphatic heterocycles. The molecule has 0 atom stereocenters. The Kier molecular flexibility index (Phi) is 7.37. The van der Waals surface area contributed by atoms with E-state index in [0.717, 1.165) is 17.1 Å². The van der Waals surface area contributed by atoms with E-state index in [1.165, 1.54) is 12.1 Å². The molecule has 6 aromatic rings. The molecule has 0 radical (unpaired) electrons. The van der Waals surface area contributed by atoms with E-state index in [9.17, 15) is 10.1 Å². The van der Waals surface area contributed by atoms with Crippen LogP contribution in [0.3, 0.4) is 0 Å². The van der Waals surface area contributed by atoms with E-state index in [1.807, 2.05) is 41.9 Å². The van der Waals surface area contributed by atoms with Gasteiger partial charge in [0, 0.05) is 35.5 Å². The summed E-state index contributed by atoms with van der Waals surface area (Å²) in [6.45, 7) is 7.20. The van der Waals surface area contributed by atoms with Crippen LogP contribution in [0.15, 0.2) is 79.8 Å². The molecule has 0 saturated heterocycles. The lowest BCUT2D eigenvalue weighted by molar-refractivity contribution is 0.102. The average molecular weight is 598 g/mol. The second-order valence-corrected chi connectivity index (χ2v) is 11.1. The third-order valence-corrected chi connectivity index (χ3v) is 7.38. The number of nitrogens with one attached hydrogen (secondary N) is 3. The topological polar surface area (TPSA) is 129 Å². The first-order valence-electron chi connectivity index (χ1n) is 14.0. The molecule has 0 aliphatic rings. The van der Waals surface area contributed by atoms with Crippen LogP contribution >= 0.6 is 0 Å². The van der Waals surface area contributed by atoms with Crippen LogP contribution in [-0.4, -0.2) is 35.0 Å². The molecule has 45 heavy (non-hydrogen) atoms. The molecule has 0 aliphatic carbocycles. The third kappa shape index (κ3) is 5.88. The predicted molar refractivity (Wildman–Crippen MR) is 169 cm³/mol. The van der Waals surface area contributed by atoms with Gasteiger partial charge < -0.3 is 15.2 Å². The summed E-state index contributed by atoms with van der Waals surface area (Å²) in [4.78, 5) is 22.2. The smallest absolute Gasteiger partial charge is 0.258 e. The van der Waals surface area contributed by atoms with Crippen molar-refractivity contribution in [3.63, 3.8) is 0 Å². The number of hydrogen-bond acceptors (Lipinski definition) is 6. The SMILES string of the molecule is Cc1cn(-c2cc(NC(=O)c3cc(C#Cc4cnc5c(Nc6cn[nH]c6)cccn45)c(C)cc3F)cc(C(C)(C)C#N)c2)cn1. The Morgan fingerprint density at radius 1 is 1.07 bits per heavy atom. The summed E-state index contributed by atoms with van der Waals surface area (Å²) in [5.41, 5.74) is 5.59. The number of nitriles is 1. The number of anilines is 3. The van der Waals surface area contributed by atoms with Crippen molar-refractivity contribution < 1.29 is 9.18 Å². The number of halogens is 1. The number of nitrogens with zero attached hydrogens (tertiary/aromatic N) is 6. The first-order valence-corrected chi connectivity index (χ1v) is 14.0. The van der Waals surface area contributed by atoms with Gasteiger partial charge >= 0.3 is 0 Å². The Morgan fingerprint density at radius 2 is 1.91 bits per heavy atom. The minimum atomic E-state index is -0.836. The summed E-state index contributed by atoms with van der Waals surface area (Å²) in [6, 6.07) is 14.2. The van der Waals surface area contributed by atoms with Gasteiger partial charge in [0.2, 0.25) is 0 Å². The van der Waals surface area contributed by atoms with Crippen LogP contribution in [0.25, 0.3) is 11.3 Å². The number of rotatable bonds is 6. The summed E-state index contributed by atoms with van der Waals surface area (Å²) < 4.78 is 18.8. The van der Waals surface area contributed by atoms with Crippen molar-refractivity contribution in [1.29, 1.82) is 5.26 Å². The average Bonchev–Trinajstić information content (AvgIpc) is 3.79. The fourth-order valence-corrected chi connectivity index (χ4v) is 4.81. The molecule has 0 saturated carbocycles. The minimum absolute atomic E-state index is 0.153. The van der Waals surface area contributed by atoms with Gasteiger partial charge in [0.05, 0.1) is 52.8 Å². The summed E-state index contributed by atoms with van der Waals surface area (Å²) in [5.74, 6) is 4.90. The molecule has 222 valence electrons. The van der Waals surface area contributed by atoms with E-state index in [4.69, 9.17) is 0 Å². The zero-order valence-electron chi connectivity index (χ0n) is 25.0. The van der Waals surface area contributed by atoms with Gasteiger partial charge in [-0.25, -0.2) is 14.4 Å². The van der Waals surface area contributed by atoms with E-state index >= 15 is 4.39 Å². The van der Waals surface area contributed by atoms with Gasteiger partial charge in [0.15, 0.2) is 5.65 Å². The Morgan fingerprint density at radius 3 is 2.64 bits per heavy atom. The van der Waals surface area contributed by atoms with Crippen molar-refractivity contribution in [3.05, 3.63) is 119 Å². The number of aromatic nitrogens is 6. The molecule has 2 aromatic carbocycles. The molecule has 1 amide bonds. The largest absolute Gasteiger partial charge is 0.350 e. The van der Waals surface area contributed by atoms with Crippen molar-refractivity contribution >= 4 is 28.6 Å². The molecule has 3 N–H and O–H groups in total. The zero-order chi connectivity index (χ0) is 31.7. The maximum absolute atomic E-state index is 15.2. The monoisotopic (exact) mass is 597 g/mol. The molecule has 0 fully saturated rings. The standard InChI is InChI=1S/C34H28FN9O/c1-21-10-30(35)29(33(45)42-25-12-24(34(3,4)19-36)13-28(14-25)43-18-22(2)38-20-43)11-23(21)7-8-27-17-37-32-31(6-5-9-44(27)32)41-26-15-39-40-16-26/h5-6,9-18,20,41H,1-4H3,(H,39,40)(H,42,45). The quantitative estimate of drug-likeness (QED) is 0.196. The fraction of sp³-hybridized carbons (Fsp3) is 0.147. The van der Waals surface area contributed by atoms with Crippen molar-refractivity contribution in [3.8, 4) is 23.6 Å². The first kappa shape index (κ1) is 28.9. The van der Waals surface area contributed by atoms with Gasteiger partial charge in [-0.05, 0) is 87.2 Å². The van der Waals surface area contributed by atoms with Gasteiger partial charge in [0.25, 0.3) is 5.91 Å². The van der Waals surface area contributed by atoms with Gasteiger partial charge in [-0.2, -0.15) is 10.4 Å². The van der Waals surface area contributed by atoms with Gasteiger partial charge in [0.1, 0.15) is 11.5 Å². The van der Waals surface area contributed by atoms with E-state index in [-0.39, 0.29) is 5.56 Å². The Bertz CT molecular complexity index is 2170. The summed E-state index contributed by atoms with van der Waals surface area (Å²) in [6.07, 6.45) is 10.4. The Hall–Kier alpha value is -6.20. The van der Waals surface area contributed by atoms with E-state index in [1.54, 1.807) is 62.4 Å². The van der Waals surface area contributed by atoms with Crippen LogP contribution in [0.4, 0.5) is 21.5 Å². The molecule has 4 heterocycles. The maximum atomic E-state index is 15.2. The molecular weight excluding hydrogens is 569 g/mol. The number of carbonyl (C=O) groups is 1. The predicted octanol–water partition coefficient (Wildman–Crippen LogP) is 6.20. The summed E-state index contributed by atoms with van der Waals surface area (Å²) >= 11 is 0. The number of aryl methyl sites for hydroxylation is 2. The van der Waals surface area contributed by atoms with E-state index < -0.39 is 17.1 Å². The van der Waals surface area contributed by atoms with Crippen molar-refractivity contribution in [2.45, 2.75) is 33.1 Å². The number of aromatic amines is 1. The van der Waals surface area contributed by atoms with E-state index in [2.05, 4.69) is 48.7 Å². The van der Waals surface area contributed by atoms with Gasteiger partial charge in [-0.3, -0.25) is 14.3 Å². The van der Waals surface area contributed by atoms with Crippen molar-refractivity contribution in [2.24, 2.45) is 0 Å². The number of pyridine rings is 1. The highest BCUT2D eigenvalue weighted by Gasteiger charge is 2.23. The Balaban J connectivity index is 1.31. The number of fused-ring (bicyclic) bond motifs is 1. The summed E-state index contributed by atoms with van der Waals surface area (Å²) in [7, 11) is 0. The fourth-order valence-electron chi connectivity index (χ4n) is 4.81. The van der Waals surface area contributed by atoms with Crippen LogP contribution < -0.4 is 10.6 Å². The molecule has 10 nitrogen and oxygen atoms in total. The lowest BCUT2D eigenvalue weighted by Gasteiger charge is -2.19. The highest BCUT2D eigenvalue weighted by atomic mass is 19.1. The molecule has 6 rings (SSSR count).